The first-order valence-corrected chi connectivity index (χ1v) is 3.22. The molecule has 3 N–H and O–H groups in total. The van der Waals surface area contributed by atoms with Gasteiger partial charge in [0.25, 0.3) is 0 Å². The zero-order chi connectivity index (χ0) is 9.14. The maximum Gasteiger partial charge on any atom is 0.336 e. The van der Waals surface area contributed by atoms with Crippen molar-refractivity contribution in [2.24, 2.45) is 0 Å². The fraction of sp³-hybridized carbons (Fsp3) is 0.143. The van der Waals surface area contributed by atoms with Crippen LogP contribution in [0.4, 0.5) is 0 Å². The van der Waals surface area contributed by atoms with Gasteiger partial charge in [0.15, 0.2) is 0 Å². The second kappa shape index (κ2) is 4.51. The van der Waals surface area contributed by atoms with Crippen molar-refractivity contribution in [1.29, 1.82) is 0 Å². The fourth-order valence-electron chi connectivity index (χ4n) is 0.890. The van der Waals surface area contributed by atoms with Crippen molar-refractivity contribution in [1.82, 2.24) is 5.32 Å². The van der Waals surface area contributed by atoms with Crippen molar-refractivity contribution in [3.8, 4) is 0 Å². The molecule has 0 spiro atoms. The molecule has 1 rings (SSSR count). The molecular weight excluding hydrogens is 198 g/mol. The normalized spacial score (nSPS) is 14.5. The molecule has 0 fully saturated rings. The van der Waals surface area contributed by atoms with Crippen molar-refractivity contribution in [3.63, 3.8) is 0 Å². The number of dihydropyridines is 1. The van der Waals surface area contributed by atoms with E-state index in [1.54, 1.807) is 0 Å². The van der Waals surface area contributed by atoms with Crippen molar-refractivity contribution >= 4 is 24.3 Å². The molecule has 0 saturated carbocycles. The van der Waals surface area contributed by atoms with Crippen LogP contribution in [-0.4, -0.2) is 28.7 Å². The minimum absolute atomic E-state index is 0. The zero-order valence-electron chi connectivity index (χ0n) is 6.48. The van der Waals surface area contributed by atoms with Crippen LogP contribution in [0.2, 0.25) is 0 Å². The highest BCUT2D eigenvalue weighted by Crippen LogP contribution is 2.09. The van der Waals surface area contributed by atoms with Gasteiger partial charge in [-0.15, -0.1) is 12.4 Å². The van der Waals surface area contributed by atoms with Gasteiger partial charge < -0.3 is 15.5 Å². The maximum atomic E-state index is 10.5. The summed E-state index contributed by atoms with van der Waals surface area (Å²) in [5.41, 5.74) is -0.286. The standard InChI is InChI=1S/C7H7NO4.ClH/c9-6(10)4-1-2-8-3-5(4)7(11)12;/h1-2,8H,3H2,(H,9,10)(H,11,12);1H. The molecule has 0 saturated heterocycles. The third kappa shape index (κ3) is 2.48. The highest BCUT2D eigenvalue weighted by molar-refractivity contribution is 6.01. The molecule has 1 aliphatic heterocycles. The molecule has 72 valence electrons. The Morgan fingerprint density at radius 2 is 1.92 bits per heavy atom. The highest BCUT2D eigenvalue weighted by atomic mass is 35.5. The minimum atomic E-state index is -1.22. The molecule has 0 unspecified atom stereocenters. The number of hydrogen-bond donors (Lipinski definition) is 3. The van der Waals surface area contributed by atoms with Crippen LogP contribution in [0.1, 0.15) is 0 Å². The third-order valence-corrected chi connectivity index (χ3v) is 1.46. The second-order valence-electron chi connectivity index (χ2n) is 2.22. The lowest BCUT2D eigenvalue weighted by Gasteiger charge is -2.10. The van der Waals surface area contributed by atoms with Crippen molar-refractivity contribution < 1.29 is 19.8 Å². The van der Waals surface area contributed by atoms with Gasteiger partial charge in [0, 0.05) is 6.54 Å². The number of carbonyl (C=O) groups is 2. The van der Waals surface area contributed by atoms with Crippen LogP contribution in [0.25, 0.3) is 0 Å². The van der Waals surface area contributed by atoms with Gasteiger partial charge in [-0.25, -0.2) is 9.59 Å². The Kier molecular flexibility index (Phi) is 4.00. The lowest BCUT2D eigenvalue weighted by atomic mass is 10.1. The second-order valence-corrected chi connectivity index (χ2v) is 2.22. The van der Waals surface area contributed by atoms with Crippen LogP contribution < -0.4 is 5.32 Å². The van der Waals surface area contributed by atoms with Gasteiger partial charge in [-0.2, -0.15) is 0 Å². The van der Waals surface area contributed by atoms with E-state index in [2.05, 4.69) is 5.32 Å². The molecule has 0 aliphatic carbocycles. The first-order valence-electron chi connectivity index (χ1n) is 3.22. The number of halogens is 1. The summed E-state index contributed by atoms with van der Waals surface area (Å²) < 4.78 is 0. The Balaban J connectivity index is 0.00000144. The fourth-order valence-corrected chi connectivity index (χ4v) is 0.890. The molecule has 0 amide bonds. The van der Waals surface area contributed by atoms with E-state index in [4.69, 9.17) is 10.2 Å². The molecule has 1 aliphatic rings. The van der Waals surface area contributed by atoms with Gasteiger partial charge in [-0.3, -0.25) is 0 Å². The van der Waals surface area contributed by atoms with E-state index in [1.807, 2.05) is 0 Å². The van der Waals surface area contributed by atoms with Crippen LogP contribution >= 0.6 is 12.4 Å². The van der Waals surface area contributed by atoms with Crippen LogP contribution in [0.15, 0.2) is 23.4 Å². The van der Waals surface area contributed by atoms with Crippen molar-refractivity contribution in [3.05, 3.63) is 23.4 Å². The summed E-state index contributed by atoms with van der Waals surface area (Å²) in [6.07, 6.45) is 2.64. The summed E-state index contributed by atoms with van der Waals surface area (Å²) in [6.45, 7) is 0.0491. The Bertz CT molecular complexity index is 295. The van der Waals surface area contributed by atoms with Crippen molar-refractivity contribution in [2.45, 2.75) is 0 Å². The van der Waals surface area contributed by atoms with Gasteiger partial charge in [-0.05, 0) is 12.3 Å². The van der Waals surface area contributed by atoms with E-state index in [0.29, 0.717) is 0 Å². The molecule has 0 bridgehead atoms. The molecule has 13 heavy (non-hydrogen) atoms. The Hall–Kier alpha value is -1.49. The van der Waals surface area contributed by atoms with E-state index in [-0.39, 0.29) is 30.1 Å². The predicted octanol–water partition coefficient (Wildman–Crippen LogP) is -0.00910. The molecule has 1 heterocycles. The smallest absolute Gasteiger partial charge is 0.336 e. The third-order valence-electron chi connectivity index (χ3n) is 1.46. The molecule has 0 atom stereocenters. The number of hydrogen-bond acceptors (Lipinski definition) is 3. The summed E-state index contributed by atoms with van der Waals surface area (Å²) in [5.74, 6) is -2.42. The molecule has 0 radical (unpaired) electrons. The summed E-state index contributed by atoms with van der Waals surface area (Å²) >= 11 is 0. The molecule has 5 nitrogen and oxygen atoms in total. The summed E-state index contributed by atoms with van der Waals surface area (Å²) in [6, 6.07) is 0. The van der Waals surface area contributed by atoms with Crippen LogP contribution in [0.5, 0.6) is 0 Å². The first kappa shape index (κ1) is 11.5. The summed E-state index contributed by atoms with van der Waals surface area (Å²) in [5, 5.41) is 19.7. The maximum absolute atomic E-state index is 10.5. The van der Waals surface area contributed by atoms with Crippen molar-refractivity contribution in [2.75, 3.05) is 6.54 Å². The van der Waals surface area contributed by atoms with Crippen LogP contribution in [0, 0.1) is 0 Å². The summed E-state index contributed by atoms with van der Waals surface area (Å²) in [4.78, 5) is 20.9. The molecule has 0 aromatic carbocycles. The number of carboxylic acid groups (broad SMARTS) is 2. The number of aliphatic carboxylic acids is 2. The van der Waals surface area contributed by atoms with E-state index >= 15 is 0 Å². The SMILES string of the molecule is Cl.O=C(O)C1=C(C(=O)O)CNC=C1. The minimum Gasteiger partial charge on any atom is -0.478 e. The summed E-state index contributed by atoms with van der Waals surface area (Å²) in [7, 11) is 0. The van der Waals surface area contributed by atoms with Gasteiger partial charge in [0.1, 0.15) is 0 Å². The molecule has 0 aromatic rings. The largest absolute Gasteiger partial charge is 0.478 e. The lowest BCUT2D eigenvalue weighted by Crippen LogP contribution is -2.23. The van der Waals surface area contributed by atoms with Gasteiger partial charge in [-0.1, -0.05) is 0 Å². The highest BCUT2D eigenvalue weighted by Gasteiger charge is 2.19. The Morgan fingerprint density at radius 3 is 2.31 bits per heavy atom. The quantitative estimate of drug-likeness (QED) is 0.590. The van der Waals surface area contributed by atoms with Gasteiger partial charge >= 0.3 is 11.9 Å². The average Bonchev–Trinajstić information content (AvgIpc) is 2.04. The first-order chi connectivity index (χ1) is 5.63. The van der Waals surface area contributed by atoms with Gasteiger partial charge in [0.05, 0.1) is 11.1 Å². The Morgan fingerprint density at radius 1 is 1.31 bits per heavy atom. The predicted molar refractivity (Wildman–Crippen MR) is 46.7 cm³/mol. The van der Waals surface area contributed by atoms with Gasteiger partial charge in [0.2, 0.25) is 0 Å². The Labute approximate surface area is 80.2 Å². The number of nitrogens with one attached hydrogen (secondary N) is 1. The molecule has 0 aromatic heterocycles. The number of rotatable bonds is 2. The lowest BCUT2D eigenvalue weighted by molar-refractivity contribution is -0.135. The van der Waals surface area contributed by atoms with E-state index in [9.17, 15) is 9.59 Å². The average molecular weight is 206 g/mol. The van der Waals surface area contributed by atoms with E-state index in [1.165, 1.54) is 12.3 Å². The topological polar surface area (TPSA) is 86.6 Å². The number of carboxylic acids is 2. The van der Waals surface area contributed by atoms with E-state index in [0.717, 1.165) is 0 Å². The van der Waals surface area contributed by atoms with E-state index < -0.39 is 11.9 Å². The zero-order valence-corrected chi connectivity index (χ0v) is 7.30. The van der Waals surface area contributed by atoms with Crippen LogP contribution in [-0.2, 0) is 9.59 Å². The molecular formula is C7H8ClNO4. The monoisotopic (exact) mass is 205 g/mol. The molecule has 6 heteroatoms. The van der Waals surface area contributed by atoms with Crippen LogP contribution in [0.3, 0.4) is 0 Å².